The first kappa shape index (κ1) is 15.9. The Balaban J connectivity index is 2.88. The highest BCUT2D eigenvalue weighted by Gasteiger charge is 2.24. The Morgan fingerprint density at radius 3 is 2.65 bits per heavy atom. The number of nitro benzene ring substituents is 1. The zero-order valence-corrected chi connectivity index (χ0v) is 12.1. The zero-order chi connectivity index (χ0) is 15.3. The van der Waals surface area contributed by atoms with Gasteiger partial charge in [-0.05, 0) is 31.4 Å². The van der Waals surface area contributed by atoms with Crippen LogP contribution in [0, 0.1) is 16.0 Å². The van der Waals surface area contributed by atoms with Crippen LogP contribution in [-0.2, 0) is 0 Å². The molecule has 2 atom stereocenters. The molecule has 3 N–H and O–H groups in total. The van der Waals surface area contributed by atoms with E-state index >= 15 is 0 Å². The van der Waals surface area contributed by atoms with E-state index in [4.69, 9.17) is 5.73 Å². The van der Waals surface area contributed by atoms with Crippen LogP contribution in [0.4, 0.5) is 11.4 Å². The van der Waals surface area contributed by atoms with Crippen LogP contribution in [0.3, 0.4) is 0 Å². The van der Waals surface area contributed by atoms with Crippen molar-refractivity contribution in [1.82, 2.24) is 5.32 Å². The second-order valence-electron chi connectivity index (χ2n) is 5.12. The molecule has 0 heterocycles. The van der Waals surface area contributed by atoms with Crippen LogP contribution < -0.4 is 11.1 Å². The number of amides is 1. The van der Waals surface area contributed by atoms with Crippen LogP contribution in [0.1, 0.15) is 44.0 Å². The molecule has 0 aromatic heterocycles. The summed E-state index contributed by atoms with van der Waals surface area (Å²) < 4.78 is 0. The summed E-state index contributed by atoms with van der Waals surface area (Å²) in [6.45, 7) is 6.08. The molecule has 0 aliphatic rings. The van der Waals surface area contributed by atoms with Gasteiger partial charge in [-0.15, -0.1) is 0 Å². The molecule has 1 rings (SSSR count). The number of rotatable bonds is 6. The Kier molecular flexibility index (Phi) is 5.49. The quantitative estimate of drug-likeness (QED) is 0.475. The number of hydrogen-bond donors (Lipinski definition) is 2. The number of carbonyl (C=O) groups is 1. The second-order valence-corrected chi connectivity index (χ2v) is 5.12. The number of anilines is 1. The first-order valence-corrected chi connectivity index (χ1v) is 6.70. The van der Waals surface area contributed by atoms with Gasteiger partial charge in [0, 0.05) is 6.04 Å². The summed E-state index contributed by atoms with van der Waals surface area (Å²) in [4.78, 5) is 22.5. The Hall–Kier alpha value is -2.11. The number of para-hydroxylation sites is 1. The molecule has 0 radical (unpaired) electrons. The summed E-state index contributed by atoms with van der Waals surface area (Å²) in [7, 11) is 0. The Morgan fingerprint density at radius 1 is 1.45 bits per heavy atom. The van der Waals surface area contributed by atoms with Gasteiger partial charge in [0.1, 0.15) is 11.3 Å². The molecule has 0 fully saturated rings. The first-order chi connectivity index (χ1) is 9.36. The van der Waals surface area contributed by atoms with Crippen LogP contribution in [-0.4, -0.2) is 16.9 Å². The van der Waals surface area contributed by atoms with E-state index in [2.05, 4.69) is 19.2 Å². The molecule has 0 aliphatic carbocycles. The molecule has 0 saturated heterocycles. The lowest BCUT2D eigenvalue weighted by molar-refractivity contribution is -0.384. The van der Waals surface area contributed by atoms with Gasteiger partial charge in [-0.2, -0.15) is 0 Å². The summed E-state index contributed by atoms with van der Waals surface area (Å²) in [5, 5.41) is 13.8. The van der Waals surface area contributed by atoms with Crippen LogP contribution in [0.15, 0.2) is 18.2 Å². The molecule has 1 aromatic carbocycles. The van der Waals surface area contributed by atoms with E-state index in [-0.39, 0.29) is 23.0 Å². The number of carbonyl (C=O) groups excluding carboxylic acids is 1. The van der Waals surface area contributed by atoms with E-state index in [1.165, 1.54) is 18.2 Å². The topological polar surface area (TPSA) is 98.3 Å². The Bertz CT molecular complexity index is 502. The lowest BCUT2D eigenvalue weighted by Gasteiger charge is -2.17. The van der Waals surface area contributed by atoms with E-state index in [1.807, 2.05) is 6.92 Å². The Morgan fingerprint density at radius 2 is 2.10 bits per heavy atom. The predicted octanol–water partition coefficient (Wildman–Crippen LogP) is 2.73. The van der Waals surface area contributed by atoms with Gasteiger partial charge in [0.25, 0.3) is 5.91 Å². The van der Waals surface area contributed by atoms with Gasteiger partial charge >= 0.3 is 5.69 Å². The minimum Gasteiger partial charge on any atom is -0.393 e. The second kappa shape index (κ2) is 6.88. The zero-order valence-electron chi connectivity index (χ0n) is 12.1. The highest BCUT2D eigenvalue weighted by Crippen LogP contribution is 2.26. The van der Waals surface area contributed by atoms with E-state index in [9.17, 15) is 14.9 Å². The number of nitrogen functional groups attached to an aromatic ring is 1. The molecule has 1 aromatic rings. The molecule has 20 heavy (non-hydrogen) atoms. The van der Waals surface area contributed by atoms with Crippen molar-refractivity contribution < 1.29 is 9.72 Å². The fourth-order valence-corrected chi connectivity index (χ4v) is 2.08. The van der Waals surface area contributed by atoms with Crippen molar-refractivity contribution in [3.63, 3.8) is 0 Å². The predicted molar refractivity (Wildman–Crippen MR) is 78.5 cm³/mol. The molecular formula is C14H21N3O3. The summed E-state index contributed by atoms with van der Waals surface area (Å²) in [6.07, 6.45) is 1.86. The standard InChI is InChI=1S/C14H21N3O3/c1-4-9(2)8-10(3)16-14(18)11-6-5-7-12(15)13(11)17(19)20/h5-7,9-10H,4,8,15H2,1-3H3,(H,16,18). The number of nitro groups is 1. The lowest BCUT2D eigenvalue weighted by Crippen LogP contribution is -2.34. The maximum absolute atomic E-state index is 12.1. The molecule has 110 valence electrons. The SMILES string of the molecule is CCC(C)CC(C)NC(=O)c1cccc(N)c1[N+](=O)[O-]. The molecule has 0 bridgehead atoms. The molecule has 0 spiro atoms. The average Bonchev–Trinajstić information content (AvgIpc) is 2.37. The van der Waals surface area contributed by atoms with Gasteiger partial charge in [0.15, 0.2) is 0 Å². The smallest absolute Gasteiger partial charge is 0.304 e. The summed E-state index contributed by atoms with van der Waals surface area (Å²) in [6, 6.07) is 4.33. The number of nitrogens with zero attached hydrogens (tertiary/aromatic N) is 1. The van der Waals surface area contributed by atoms with Crippen LogP contribution in [0.2, 0.25) is 0 Å². The van der Waals surface area contributed by atoms with Gasteiger partial charge < -0.3 is 11.1 Å². The summed E-state index contributed by atoms with van der Waals surface area (Å²) in [5.74, 6) is 0.0286. The van der Waals surface area contributed by atoms with E-state index in [1.54, 1.807) is 0 Å². The summed E-state index contributed by atoms with van der Waals surface area (Å²) in [5.41, 5.74) is 5.24. The summed E-state index contributed by atoms with van der Waals surface area (Å²) >= 11 is 0. The fraction of sp³-hybridized carbons (Fsp3) is 0.500. The maximum Gasteiger partial charge on any atom is 0.304 e. The van der Waals surface area contributed by atoms with Gasteiger partial charge in [0.05, 0.1) is 4.92 Å². The number of hydrogen-bond acceptors (Lipinski definition) is 4. The van der Waals surface area contributed by atoms with Crippen molar-refractivity contribution >= 4 is 17.3 Å². The van der Waals surface area contributed by atoms with E-state index < -0.39 is 10.8 Å². The van der Waals surface area contributed by atoms with Crippen molar-refractivity contribution in [2.75, 3.05) is 5.73 Å². The minimum atomic E-state index is -0.621. The molecule has 0 saturated carbocycles. The third kappa shape index (κ3) is 3.94. The maximum atomic E-state index is 12.1. The highest BCUT2D eigenvalue weighted by molar-refractivity contribution is 6.00. The molecule has 6 nitrogen and oxygen atoms in total. The minimum absolute atomic E-state index is 0.00257. The van der Waals surface area contributed by atoms with Crippen LogP contribution in [0.5, 0.6) is 0 Å². The fourth-order valence-electron chi connectivity index (χ4n) is 2.08. The van der Waals surface area contributed by atoms with E-state index in [0.29, 0.717) is 5.92 Å². The largest absolute Gasteiger partial charge is 0.393 e. The molecular weight excluding hydrogens is 258 g/mol. The third-order valence-electron chi connectivity index (χ3n) is 3.32. The monoisotopic (exact) mass is 279 g/mol. The van der Waals surface area contributed by atoms with Crippen molar-refractivity contribution in [3.8, 4) is 0 Å². The number of nitrogens with two attached hydrogens (primary N) is 1. The first-order valence-electron chi connectivity index (χ1n) is 6.70. The van der Waals surface area contributed by atoms with Gasteiger partial charge in [-0.25, -0.2) is 0 Å². The lowest BCUT2D eigenvalue weighted by atomic mass is 10.00. The highest BCUT2D eigenvalue weighted by atomic mass is 16.6. The third-order valence-corrected chi connectivity index (χ3v) is 3.32. The van der Waals surface area contributed by atoms with Crippen molar-refractivity contribution in [3.05, 3.63) is 33.9 Å². The van der Waals surface area contributed by atoms with E-state index in [0.717, 1.165) is 12.8 Å². The van der Waals surface area contributed by atoms with Crippen molar-refractivity contribution in [2.45, 2.75) is 39.7 Å². The van der Waals surface area contributed by atoms with Crippen molar-refractivity contribution in [2.24, 2.45) is 5.92 Å². The normalized spacial score (nSPS) is 13.6. The number of benzene rings is 1. The van der Waals surface area contributed by atoms with Gasteiger partial charge in [0.2, 0.25) is 0 Å². The number of nitrogens with one attached hydrogen (secondary N) is 1. The molecule has 2 unspecified atom stereocenters. The van der Waals surface area contributed by atoms with Gasteiger partial charge in [-0.3, -0.25) is 14.9 Å². The van der Waals surface area contributed by atoms with Crippen LogP contribution in [0.25, 0.3) is 0 Å². The van der Waals surface area contributed by atoms with Gasteiger partial charge in [-0.1, -0.05) is 26.3 Å². The molecule has 0 aliphatic heterocycles. The van der Waals surface area contributed by atoms with Crippen molar-refractivity contribution in [1.29, 1.82) is 0 Å². The molecule has 1 amide bonds. The molecule has 6 heteroatoms. The van der Waals surface area contributed by atoms with Crippen LogP contribution >= 0.6 is 0 Å². The Labute approximate surface area is 118 Å². The average molecular weight is 279 g/mol.